The molecular weight excluding hydrogens is 605 g/mol. The summed E-state index contributed by atoms with van der Waals surface area (Å²) in [6.07, 6.45) is -2.98. The third-order valence-corrected chi connectivity index (χ3v) is 9.71. The zero-order chi connectivity index (χ0) is 50.9. The number of benzene rings is 8. The number of fused-ring (bicyclic) bond motifs is 7. The average Bonchev–Trinajstić information content (AvgIpc) is 3.83. The largest absolute Gasteiger partial charge is 0.296 e. The van der Waals surface area contributed by atoms with E-state index in [2.05, 4.69) is 4.98 Å². The van der Waals surface area contributed by atoms with Crippen molar-refractivity contribution >= 4 is 43.4 Å². The van der Waals surface area contributed by atoms with Crippen LogP contribution in [0.5, 0.6) is 0 Å². The highest BCUT2D eigenvalue weighted by atomic mass is 15.1. The quantitative estimate of drug-likeness (QED) is 0.172. The lowest BCUT2D eigenvalue weighted by Gasteiger charge is -2.23. The van der Waals surface area contributed by atoms with Crippen LogP contribution in [0.3, 0.4) is 0 Å². The van der Waals surface area contributed by atoms with E-state index in [-0.39, 0.29) is 71.7 Å². The summed E-state index contributed by atoms with van der Waals surface area (Å²) in [5, 5.41) is -0.554. The Hall–Kier alpha value is -5.99. The van der Waals surface area contributed by atoms with Crippen LogP contribution >= 0.6 is 0 Å². The maximum Gasteiger partial charge on any atom is 0.114 e. The van der Waals surface area contributed by atoms with Gasteiger partial charge in [-0.1, -0.05) is 148 Å². The van der Waals surface area contributed by atoms with Crippen molar-refractivity contribution in [2.24, 2.45) is 0 Å². The van der Waals surface area contributed by atoms with Crippen LogP contribution < -0.4 is 0 Å². The van der Waals surface area contributed by atoms with E-state index in [1.54, 1.807) is 62.4 Å². The molecule has 0 unspecified atom stereocenters. The van der Waals surface area contributed by atoms with Crippen LogP contribution in [-0.2, 0) is 11.8 Å². The Balaban J connectivity index is 1.41. The predicted molar refractivity (Wildman–Crippen MR) is 211 cm³/mol. The first-order valence-corrected chi connectivity index (χ1v) is 15.9. The Morgan fingerprint density at radius 1 is 0.620 bits per heavy atom. The molecule has 2 heteroatoms. The van der Waals surface area contributed by atoms with E-state index in [0.717, 1.165) is 0 Å². The summed E-state index contributed by atoms with van der Waals surface area (Å²) in [5.74, 6) is -0.431. The van der Waals surface area contributed by atoms with Gasteiger partial charge in [0.05, 0.1) is 37.3 Å². The molecule has 1 aliphatic rings. The molecule has 9 aromatic rings. The van der Waals surface area contributed by atoms with E-state index in [0.29, 0.717) is 16.3 Å². The van der Waals surface area contributed by atoms with Gasteiger partial charge in [0.2, 0.25) is 0 Å². The molecule has 0 atom stereocenters. The van der Waals surface area contributed by atoms with E-state index in [4.69, 9.17) is 17.8 Å². The van der Waals surface area contributed by atoms with Crippen LogP contribution in [0.15, 0.2) is 151 Å². The Bertz CT molecular complexity index is 3810. The van der Waals surface area contributed by atoms with Gasteiger partial charge in [-0.15, -0.1) is 0 Å². The van der Waals surface area contributed by atoms with Gasteiger partial charge in [-0.25, -0.2) is 4.98 Å². The van der Waals surface area contributed by atoms with Crippen molar-refractivity contribution in [1.29, 1.82) is 0 Å². The van der Waals surface area contributed by atoms with Gasteiger partial charge in [-0.3, -0.25) is 4.57 Å². The lowest BCUT2D eigenvalue weighted by Crippen LogP contribution is -2.14. The standard InChI is InChI=1S/C48H36N2/c1-4-45-49-42-23-13-14-24-44(42)50(45)43-28-27-39(31-15-5-6-17-34(31)43)47-37-20-9-7-18-35(37)46(36-19-8-10-21-38(36)47)30-25-26-33-32-16-11-12-22-40(32)48(2,3)41(33)29-30/h5-29H,4H2,1-3H3/i1D3,4D2,7D,8D,9D,10D,11D,12D,16D,18D,19D,20D,21D,22D,25D,26D,29D. The molecule has 0 bridgehead atoms. The monoisotopic (exact) mass is 660 g/mol. The number of hydrogen-bond acceptors (Lipinski definition) is 1. The van der Waals surface area contributed by atoms with Gasteiger partial charge in [-0.2, -0.15) is 0 Å². The van der Waals surface area contributed by atoms with Gasteiger partial charge >= 0.3 is 0 Å². The highest BCUT2D eigenvalue weighted by Gasteiger charge is 2.35. The SMILES string of the molecule is [2H]c1c([2H])c([2H])c2c(c1[2H])-c1c([2H])c([2H])c(-c3c4c([2H])c([2H])c([2H])c([2H])c4c(-c4ccc(-n5c(C([2H])([2H])C([2H])([2H])[2H])nc6ccccc65)c5ccccc45)c4c([2H])c([2H])c([2H])c([2H])c34)c([2H])c1C2(C)C. The molecule has 0 saturated heterocycles. The van der Waals surface area contributed by atoms with Gasteiger partial charge in [0.15, 0.2) is 0 Å². The van der Waals surface area contributed by atoms with Gasteiger partial charge in [0, 0.05) is 24.0 Å². The molecule has 10 rings (SSSR count). The van der Waals surface area contributed by atoms with E-state index >= 15 is 0 Å². The van der Waals surface area contributed by atoms with Gasteiger partial charge in [0.1, 0.15) is 5.82 Å². The van der Waals surface area contributed by atoms with Crippen molar-refractivity contribution < 1.29 is 27.4 Å². The van der Waals surface area contributed by atoms with E-state index in [9.17, 15) is 9.60 Å². The Labute approximate surface area is 320 Å². The fourth-order valence-corrected chi connectivity index (χ4v) is 7.48. The number of para-hydroxylation sites is 2. The second-order valence-corrected chi connectivity index (χ2v) is 12.7. The average molecular weight is 661 g/mol. The van der Waals surface area contributed by atoms with Gasteiger partial charge < -0.3 is 0 Å². The topological polar surface area (TPSA) is 17.8 Å². The summed E-state index contributed by atoms with van der Waals surface area (Å²) < 4.78 is 182. The Morgan fingerprint density at radius 3 is 2.02 bits per heavy atom. The molecule has 2 nitrogen and oxygen atoms in total. The fourth-order valence-electron chi connectivity index (χ4n) is 7.48. The van der Waals surface area contributed by atoms with Crippen molar-refractivity contribution in [3.63, 3.8) is 0 Å². The minimum absolute atomic E-state index is 0.00777. The first kappa shape index (κ1) is 15.3. The first-order valence-electron chi connectivity index (χ1n) is 25.9. The summed E-state index contributed by atoms with van der Waals surface area (Å²) in [4.78, 5) is 4.47. The normalized spacial score (nSPS) is 19.6. The molecule has 1 aliphatic carbocycles. The molecule has 0 saturated carbocycles. The minimum Gasteiger partial charge on any atom is -0.296 e. The molecule has 1 heterocycles. The summed E-state index contributed by atoms with van der Waals surface area (Å²) in [6, 6.07) is 6.83. The third-order valence-electron chi connectivity index (χ3n) is 9.71. The van der Waals surface area contributed by atoms with Gasteiger partial charge in [0.25, 0.3) is 0 Å². The lowest BCUT2D eigenvalue weighted by molar-refractivity contribution is 0.660. The van der Waals surface area contributed by atoms with Crippen molar-refractivity contribution in [3.8, 4) is 39.1 Å². The Morgan fingerprint density at radius 2 is 1.26 bits per heavy atom. The van der Waals surface area contributed by atoms with Gasteiger partial charge in [-0.05, 0) is 95.7 Å². The van der Waals surface area contributed by atoms with Crippen molar-refractivity contribution in [1.82, 2.24) is 9.55 Å². The van der Waals surface area contributed by atoms with E-state index < -0.39 is 121 Å². The Kier molecular flexibility index (Phi) is 3.29. The highest BCUT2D eigenvalue weighted by molar-refractivity contribution is 6.24. The summed E-state index contributed by atoms with van der Waals surface area (Å²) in [6.45, 7) is 0.0290. The lowest BCUT2D eigenvalue weighted by atomic mass is 9.80. The number of hydrogen-bond donors (Lipinski definition) is 0. The summed E-state index contributed by atoms with van der Waals surface area (Å²) in [5.41, 5.74) is -1.33. The fraction of sp³-hybridized carbons (Fsp3) is 0.104. The molecule has 0 aliphatic heterocycles. The number of nitrogens with zero attached hydrogens (tertiary/aromatic N) is 2. The van der Waals surface area contributed by atoms with Crippen LogP contribution in [0, 0.1) is 0 Å². The zero-order valence-electron chi connectivity index (χ0n) is 46.7. The number of rotatable bonds is 4. The third kappa shape index (κ3) is 3.99. The van der Waals surface area contributed by atoms with E-state index in [1.807, 2.05) is 0 Å². The second-order valence-electron chi connectivity index (χ2n) is 12.7. The number of aryl methyl sites for hydroxylation is 1. The first-order chi connectivity index (χ1) is 32.7. The molecular formula is C48H36N2. The minimum atomic E-state index is -3.17. The molecule has 8 aromatic carbocycles. The number of aromatic nitrogens is 2. The highest BCUT2D eigenvalue weighted by Crippen LogP contribution is 2.51. The van der Waals surface area contributed by atoms with Crippen molar-refractivity contribution in [3.05, 3.63) is 168 Å². The van der Waals surface area contributed by atoms with E-state index in [1.165, 1.54) is 16.7 Å². The predicted octanol–water partition coefficient (Wildman–Crippen LogP) is 12.7. The van der Waals surface area contributed by atoms with Crippen molar-refractivity contribution in [2.75, 3.05) is 0 Å². The molecule has 0 amide bonds. The second kappa shape index (κ2) is 10.8. The number of imidazole rings is 1. The smallest absolute Gasteiger partial charge is 0.114 e. The van der Waals surface area contributed by atoms with Crippen LogP contribution in [0.25, 0.3) is 82.4 Å². The van der Waals surface area contributed by atoms with Crippen molar-refractivity contribution in [2.45, 2.75) is 32.5 Å². The summed E-state index contributed by atoms with van der Waals surface area (Å²) in [7, 11) is 0. The van der Waals surface area contributed by atoms with Crippen LogP contribution in [0.1, 0.15) is 65.1 Å². The molecule has 0 spiro atoms. The zero-order valence-corrected chi connectivity index (χ0v) is 26.7. The molecule has 50 heavy (non-hydrogen) atoms. The molecule has 0 radical (unpaired) electrons. The molecule has 1 aromatic heterocycles. The summed E-state index contributed by atoms with van der Waals surface area (Å²) >= 11 is 0. The maximum atomic E-state index is 9.97. The van der Waals surface area contributed by atoms with Crippen LogP contribution in [0.2, 0.25) is 0 Å². The van der Waals surface area contributed by atoms with Crippen LogP contribution in [-0.4, -0.2) is 9.55 Å². The maximum absolute atomic E-state index is 9.97. The molecule has 0 N–H and O–H groups in total. The van der Waals surface area contributed by atoms with Crippen LogP contribution in [0.4, 0.5) is 0 Å². The molecule has 0 fully saturated rings. The molecule has 238 valence electrons.